The van der Waals surface area contributed by atoms with Crippen LogP contribution in [0.25, 0.3) is 0 Å². The molecule has 2 aromatic carbocycles. The lowest BCUT2D eigenvalue weighted by molar-refractivity contribution is -0.117. The Morgan fingerprint density at radius 1 is 0.860 bits per heavy atom. The number of aliphatic hydroxyl groups is 2. The smallest absolute Gasteiger partial charge is 0.224 e. The Morgan fingerprint density at radius 2 is 1.42 bits per heavy atom. The zero-order valence-electron chi connectivity index (χ0n) is 26.3. The molecular formula is C32H50N4O7. The molecule has 0 aliphatic heterocycles. The van der Waals surface area contributed by atoms with Crippen molar-refractivity contribution in [3.8, 4) is 11.5 Å². The summed E-state index contributed by atoms with van der Waals surface area (Å²) in [5, 5.41) is 28.6. The molecule has 11 heteroatoms. The van der Waals surface area contributed by atoms with Gasteiger partial charge in [-0.15, -0.1) is 0 Å². The summed E-state index contributed by atoms with van der Waals surface area (Å²) in [6.07, 6.45) is 0.197. The van der Waals surface area contributed by atoms with Crippen molar-refractivity contribution in [2.24, 2.45) is 5.73 Å². The average Bonchev–Trinajstić information content (AvgIpc) is 2.94. The minimum atomic E-state index is -0.670. The largest absolute Gasteiger partial charge is 0.491 e. The van der Waals surface area contributed by atoms with Gasteiger partial charge in [0.05, 0.1) is 12.0 Å². The van der Waals surface area contributed by atoms with Gasteiger partial charge in [0.1, 0.15) is 36.9 Å². The summed E-state index contributed by atoms with van der Waals surface area (Å²) >= 11 is 0. The van der Waals surface area contributed by atoms with Crippen LogP contribution in [0.15, 0.2) is 42.5 Å². The number of Topliss-reactive ketones (excluding diaryl/α,β-unsaturated/α-hetero) is 1. The van der Waals surface area contributed by atoms with Crippen LogP contribution in [-0.4, -0.2) is 78.4 Å². The van der Waals surface area contributed by atoms with Crippen LogP contribution in [0.5, 0.6) is 11.5 Å². The first kappa shape index (κ1) is 37.5. The standard InChI is InChI=1S/C18H28N2O4.C14H22N2O3/c1-5-6-18(23)20-14-7-8-17(16(9-14)13(4)21)24-11-15(22)10-19-12(2)3;1-10(2)16-8-12(17)9-19-13-5-3-11(4-6-13)7-14(15)18/h7-9,12,15,19,22H,5-6,10-11H2,1-4H3,(H,20,23);3-6,10,12,16-17H,7-9H2,1-2H3,(H2,15,18). The first-order valence-corrected chi connectivity index (χ1v) is 14.7. The SMILES string of the molecule is CC(C)NCC(O)COc1ccc(CC(N)=O)cc1.CCCC(=O)Nc1ccc(OCC(O)CNC(C)C)c(C(C)=O)c1. The normalized spacial score (nSPS) is 12.2. The van der Waals surface area contributed by atoms with Crippen LogP contribution in [-0.2, 0) is 16.0 Å². The molecule has 0 heterocycles. The number of carbonyl (C=O) groups is 3. The predicted octanol–water partition coefficient (Wildman–Crippen LogP) is 2.82. The van der Waals surface area contributed by atoms with Crippen molar-refractivity contribution in [1.29, 1.82) is 0 Å². The van der Waals surface area contributed by atoms with Gasteiger partial charge in [-0.1, -0.05) is 46.8 Å². The molecule has 43 heavy (non-hydrogen) atoms. The van der Waals surface area contributed by atoms with Gasteiger partial charge in [0.2, 0.25) is 11.8 Å². The molecule has 2 atom stereocenters. The molecule has 0 spiro atoms. The van der Waals surface area contributed by atoms with Crippen molar-refractivity contribution in [3.05, 3.63) is 53.6 Å². The fourth-order valence-electron chi connectivity index (χ4n) is 3.60. The number of hydrogen-bond donors (Lipinski definition) is 6. The van der Waals surface area contributed by atoms with Gasteiger partial charge in [-0.3, -0.25) is 14.4 Å². The van der Waals surface area contributed by atoms with E-state index in [1.807, 2.05) is 34.6 Å². The number of carbonyl (C=O) groups excluding carboxylic acids is 3. The number of hydrogen-bond acceptors (Lipinski definition) is 9. The Kier molecular flexibility index (Phi) is 17.8. The zero-order chi connectivity index (χ0) is 32.4. The molecule has 0 bridgehead atoms. The topological polar surface area (TPSA) is 172 Å². The van der Waals surface area contributed by atoms with Crippen molar-refractivity contribution in [1.82, 2.24) is 10.6 Å². The number of amides is 2. The summed E-state index contributed by atoms with van der Waals surface area (Å²) in [7, 11) is 0. The predicted molar refractivity (Wildman–Crippen MR) is 169 cm³/mol. The van der Waals surface area contributed by atoms with Crippen LogP contribution in [0, 0.1) is 0 Å². The fourth-order valence-corrected chi connectivity index (χ4v) is 3.60. The molecule has 0 radical (unpaired) electrons. The number of ether oxygens (including phenoxy) is 2. The molecule has 2 amide bonds. The molecule has 7 N–H and O–H groups in total. The molecule has 2 unspecified atom stereocenters. The van der Waals surface area contributed by atoms with Gasteiger partial charge < -0.3 is 41.4 Å². The third-order valence-corrected chi connectivity index (χ3v) is 5.82. The van der Waals surface area contributed by atoms with E-state index in [0.717, 1.165) is 12.0 Å². The number of nitrogens with one attached hydrogen (secondary N) is 3. The second-order valence-corrected chi connectivity index (χ2v) is 10.9. The van der Waals surface area contributed by atoms with E-state index < -0.39 is 12.2 Å². The second kappa shape index (κ2) is 20.4. The lowest BCUT2D eigenvalue weighted by atomic mass is 10.1. The molecular weight excluding hydrogens is 552 g/mol. The van der Waals surface area contributed by atoms with Crippen LogP contribution in [0.1, 0.15) is 70.3 Å². The van der Waals surface area contributed by atoms with Gasteiger partial charge in [-0.25, -0.2) is 0 Å². The van der Waals surface area contributed by atoms with E-state index in [1.54, 1.807) is 42.5 Å². The second-order valence-electron chi connectivity index (χ2n) is 10.9. The summed E-state index contributed by atoms with van der Waals surface area (Å²) in [6, 6.07) is 12.7. The average molecular weight is 603 g/mol. The van der Waals surface area contributed by atoms with E-state index in [-0.39, 0.29) is 43.3 Å². The molecule has 0 saturated heterocycles. The molecule has 240 valence electrons. The molecule has 0 aliphatic carbocycles. The van der Waals surface area contributed by atoms with E-state index in [2.05, 4.69) is 16.0 Å². The van der Waals surface area contributed by atoms with Crippen LogP contribution in [0.2, 0.25) is 0 Å². The summed E-state index contributed by atoms with van der Waals surface area (Å²) < 4.78 is 11.0. The molecule has 0 fully saturated rings. The first-order chi connectivity index (χ1) is 20.3. The van der Waals surface area contributed by atoms with Crippen LogP contribution in [0.3, 0.4) is 0 Å². The van der Waals surface area contributed by atoms with Gasteiger partial charge >= 0.3 is 0 Å². The van der Waals surface area contributed by atoms with Gasteiger partial charge in [0.15, 0.2) is 5.78 Å². The Morgan fingerprint density at radius 3 is 1.91 bits per heavy atom. The number of aliphatic hydroxyl groups excluding tert-OH is 2. The summed E-state index contributed by atoms with van der Waals surface area (Å²) in [4.78, 5) is 34.2. The quantitative estimate of drug-likeness (QED) is 0.140. The highest BCUT2D eigenvalue weighted by Crippen LogP contribution is 2.24. The molecule has 0 aliphatic rings. The fraction of sp³-hybridized carbons (Fsp3) is 0.531. The number of ketones is 1. The number of anilines is 1. The molecule has 11 nitrogen and oxygen atoms in total. The van der Waals surface area contributed by atoms with E-state index in [1.165, 1.54) is 6.92 Å². The lowest BCUT2D eigenvalue weighted by Gasteiger charge is -2.17. The van der Waals surface area contributed by atoms with E-state index in [4.69, 9.17) is 15.2 Å². The molecule has 0 aromatic heterocycles. The zero-order valence-corrected chi connectivity index (χ0v) is 26.3. The van der Waals surface area contributed by atoms with Crippen LogP contribution in [0.4, 0.5) is 5.69 Å². The van der Waals surface area contributed by atoms with Crippen molar-refractivity contribution in [2.45, 2.75) is 85.1 Å². The minimum absolute atomic E-state index is 0.0849. The Balaban J connectivity index is 0.000000442. The highest BCUT2D eigenvalue weighted by Gasteiger charge is 2.13. The Hall–Kier alpha value is -3.51. The van der Waals surface area contributed by atoms with E-state index in [0.29, 0.717) is 48.3 Å². The molecule has 2 rings (SSSR count). The maximum absolute atomic E-state index is 11.8. The van der Waals surface area contributed by atoms with Crippen molar-refractivity contribution in [2.75, 3.05) is 31.6 Å². The number of primary amides is 1. The third-order valence-electron chi connectivity index (χ3n) is 5.82. The monoisotopic (exact) mass is 602 g/mol. The highest BCUT2D eigenvalue weighted by molar-refractivity contribution is 5.99. The first-order valence-electron chi connectivity index (χ1n) is 14.7. The lowest BCUT2D eigenvalue weighted by Crippen LogP contribution is -2.35. The van der Waals surface area contributed by atoms with E-state index in [9.17, 15) is 24.6 Å². The molecule has 2 aromatic rings. The minimum Gasteiger partial charge on any atom is -0.491 e. The number of nitrogens with two attached hydrogens (primary N) is 1. The van der Waals surface area contributed by atoms with Crippen LogP contribution >= 0.6 is 0 Å². The summed E-state index contributed by atoms with van der Waals surface area (Å²) in [5.74, 6) is 0.461. The number of rotatable bonds is 18. The van der Waals surface area contributed by atoms with Crippen molar-refractivity contribution >= 4 is 23.3 Å². The maximum atomic E-state index is 11.8. The highest BCUT2D eigenvalue weighted by atomic mass is 16.5. The van der Waals surface area contributed by atoms with Crippen molar-refractivity contribution in [3.63, 3.8) is 0 Å². The maximum Gasteiger partial charge on any atom is 0.224 e. The van der Waals surface area contributed by atoms with Gasteiger partial charge in [-0.2, -0.15) is 0 Å². The van der Waals surface area contributed by atoms with Gasteiger partial charge in [0, 0.05) is 37.3 Å². The summed E-state index contributed by atoms with van der Waals surface area (Å²) in [6.45, 7) is 12.6. The summed E-state index contributed by atoms with van der Waals surface area (Å²) in [5.41, 5.74) is 6.90. The van der Waals surface area contributed by atoms with Gasteiger partial charge in [-0.05, 0) is 49.2 Å². The Labute approximate surface area is 255 Å². The Bertz CT molecular complexity index is 1120. The van der Waals surface area contributed by atoms with Crippen LogP contribution < -0.4 is 31.2 Å². The van der Waals surface area contributed by atoms with Crippen molar-refractivity contribution < 1.29 is 34.1 Å². The third kappa shape index (κ3) is 17.3. The number of benzene rings is 2. The molecule has 0 saturated carbocycles. The van der Waals surface area contributed by atoms with E-state index >= 15 is 0 Å². The van der Waals surface area contributed by atoms with Gasteiger partial charge in [0.25, 0.3) is 0 Å².